The molecular weight excluding hydrogens is 218 g/mol. The molecule has 1 rings (SSSR count). The smallest absolute Gasteiger partial charge is 0.00965 e. The minimum Gasteiger partial charge on any atom is -0.312 e. The van der Waals surface area contributed by atoms with Crippen molar-refractivity contribution < 1.29 is 0 Å². The molecule has 1 heteroatoms. The van der Waals surface area contributed by atoms with Crippen LogP contribution in [0.15, 0.2) is 24.3 Å². The van der Waals surface area contributed by atoms with Gasteiger partial charge in [-0.2, -0.15) is 0 Å². The normalized spacial score (nSPS) is 11.8. The van der Waals surface area contributed by atoms with E-state index < -0.39 is 0 Å². The van der Waals surface area contributed by atoms with Crippen molar-refractivity contribution in [3.63, 3.8) is 0 Å². The largest absolute Gasteiger partial charge is 0.312 e. The van der Waals surface area contributed by atoms with Crippen LogP contribution >= 0.6 is 0 Å². The van der Waals surface area contributed by atoms with Gasteiger partial charge in [-0.15, -0.1) is 0 Å². The molecule has 0 saturated heterocycles. The Kier molecular flexibility index (Phi) is 6.42. The van der Waals surface area contributed by atoms with Crippen LogP contribution in [-0.4, -0.2) is 12.1 Å². The third-order valence-corrected chi connectivity index (χ3v) is 3.17. The molecular formula is C17H29N. The zero-order valence-corrected chi connectivity index (χ0v) is 12.6. The van der Waals surface area contributed by atoms with Gasteiger partial charge in [-0.3, -0.25) is 0 Å². The minimum absolute atomic E-state index is 0.266. The fourth-order valence-electron chi connectivity index (χ4n) is 2.03. The van der Waals surface area contributed by atoms with E-state index in [0.717, 1.165) is 6.54 Å². The Morgan fingerprint density at radius 3 is 2.11 bits per heavy atom. The molecule has 18 heavy (non-hydrogen) atoms. The van der Waals surface area contributed by atoms with Crippen molar-refractivity contribution in [2.45, 2.75) is 65.3 Å². The van der Waals surface area contributed by atoms with Gasteiger partial charge in [-0.05, 0) is 59.1 Å². The minimum atomic E-state index is 0.266. The first kappa shape index (κ1) is 15.2. The van der Waals surface area contributed by atoms with E-state index in [2.05, 4.69) is 57.3 Å². The first-order valence-electron chi connectivity index (χ1n) is 7.28. The summed E-state index contributed by atoms with van der Waals surface area (Å²) in [6.07, 6.45) is 6.53. The third kappa shape index (κ3) is 7.50. The molecule has 0 saturated carbocycles. The third-order valence-electron chi connectivity index (χ3n) is 3.17. The molecule has 0 atom stereocenters. The van der Waals surface area contributed by atoms with Crippen LogP contribution in [0, 0.1) is 6.92 Å². The van der Waals surface area contributed by atoms with Gasteiger partial charge in [0.2, 0.25) is 0 Å². The van der Waals surface area contributed by atoms with Crippen molar-refractivity contribution in [3.8, 4) is 0 Å². The lowest BCUT2D eigenvalue weighted by molar-refractivity contribution is 0.416. The number of aryl methyl sites for hydroxylation is 2. The summed E-state index contributed by atoms with van der Waals surface area (Å²) in [7, 11) is 0. The summed E-state index contributed by atoms with van der Waals surface area (Å²) in [5, 5.41) is 3.54. The van der Waals surface area contributed by atoms with Crippen LogP contribution in [-0.2, 0) is 6.42 Å². The van der Waals surface area contributed by atoms with Crippen LogP contribution < -0.4 is 5.32 Å². The second-order valence-electron chi connectivity index (χ2n) is 6.33. The molecule has 0 aliphatic carbocycles. The highest BCUT2D eigenvalue weighted by Gasteiger charge is 2.06. The van der Waals surface area contributed by atoms with E-state index in [1.807, 2.05) is 0 Å². The summed E-state index contributed by atoms with van der Waals surface area (Å²) in [5.74, 6) is 0. The van der Waals surface area contributed by atoms with Gasteiger partial charge in [0.05, 0.1) is 0 Å². The molecule has 102 valence electrons. The summed E-state index contributed by atoms with van der Waals surface area (Å²) in [6, 6.07) is 8.94. The fraction of sp³-hybridized carbons (Fsp3) is 0.647. The van der Waals surface area contributed by atoms with Crippen molar-refractivity contribution in [1.29, 1.82) is 0 Å². The second-order valence-corrected chi connectivity index (χ2v) is 6.33. The van der Waals surface area contributed by atoms with Crippen LogP contribution in [0.5, 0.6) is 0 Å². The Labute approximate surface area is 113 Å². The molecule has 1 N–H and O–H groups in total. The number of nitrogens with one attached hydrogen (secondary N) is 1. The maximum absolute atomic E-state index is 3.54. The Morgan fingerprint density at radius 1 is 0.889 bits per heavy atom. The summed E-state index contributed by atoms with van der Waals surface area (Å²) in [4.78, 5) is 0. The molecule has 0 amide bonds. The highest BCUT2D eigenvalue weighted by atomic mass is 14.9. The van der Waals surface area contributed by atoms with Crippen molar-refractivity contribution in [3.05, 3.63) is 35.4 Å². The number of benzene rings is 1. The van der Waals surface area contributed by atoms with Gasteiger partial charge in [-0.25, -0.2) is 0 Å². The molecule has 0 radical (unpaired) electrons. The molecule has 1 nitrogen and oxygen atoms in total. The molecule has 0 fully saturated rings. The molecule has 0 aliphatic heterocycles. The molecule has 0 aromatic heterocycles. The summed E-state index contributed by atoms with van der Waals surface area (Å²) in [5.41, 5.74) is 3.10. The van der Waals surface area contributed by atoms with Gasteiger partial charge < -0.3 is 5.32 Å². The number of hydrogen-bond acceptors (Lipinski definition) is 1. The number of unbranched alkanes of at least 4 members (excludes halogenated alkanes) is 3. The van der Waals surface area contributed by atoms with E-state index in [1.54, 1.807) is 0 Å². The Balaban J connectivity index is 2.00. The van der Waals surface area contributed by atoms with Crippen LogP contribution in [0.3, 0.4) is 0 Å². The predicted molar refractivity (Wildman–Crippen MR) is 81.1 cm³/mol. The van der Waals surface area contributed by atoms with Gasteiger partial charge in [0.1, 0.15) is 0 Å². The molecule has 0 spiro atoms. The summed E-state index contributed by atoms with van der Waals surface area (Å²) < 4.78 is 0. The molecule has 1 aromatic rings. The molecule has 0 aliphatic rings. The van der Waals surface area contributed by atoms with Gasteiger partial charge >= 0.3 is 0 Å². The molecule has 0 unspecified atom stereocenters. The number of hydrogen-bond donors (Lipinski definition) is 1. The average molecular weight is 247 g/mol. The van der Waals surface area contributed by atoms with Gasteiger partial charge in [0, 0.05) is 5.54 Å². The Hall–Kier alpha value is -0.820. The first-order chi connectivity index (χ1) is 8.47. The van der Waals surface area contributed by atoms with Crippen molar-refractivity contribution >= 4 is 0 Å². The zero-order chi connectivity index (χ0) is 13.4. The lowest BCUT2D eigenvalue weighted by atomic mass is 10.0. The Morgan fingerprint density at radius 2 is 1.50 bits per heavy atom. The van der Waals surface area contributed by atoms with Gasteiger partial charge in [0.25, 0.3) is 0 Å². The van der Waals surface area contributed by atoms with Crippen LogP contribution in [0.4, 0.5) is 0 Å². The first-order valence-corrected chi connectivity index (χ1v) is 7.28. The Bertz CT molecular complexity index is 318. The van der Waals surface area contributed by atoms with E-state index >= 15 is 0 Å². The lowest BCUT2D eigenvalue weighted by Gasteiger charge is -2.20. The lowest BCUT2D eigenvalue weighted by Crippen LogP contribution is -2.36. The van der Waals surface area contributed by atoms with E-state index in [4.69, 9.17) is 0 Å². The van der Waals surface area contributed by atoms with Crippen molar-refractivity contribution in [2.24, 2.45) is 0 Å². The second kappa shape index (κ2) is 7.58. The summed E-state index contributed by atoms with van der Waals surface area (Å²) >= 11 is 0. The van der Waals surface area contributed by atoms with Crippen LogP contribution in [0.2, 0.25) is 0 Å². The highest BCUT2D eigenvalue weighted by Crippen LogP contribution is 2.09. The molecule has 0 heterocycles. The SMILES string of the molecule is Cc1ccc(CCCCCCNC(C)(C)C)cc1. The maximum atomic E-state index is 3.54. The van der Waals surface area contributed by atoms with E-state index in [-0.39, 0.29) is 5.54 Å². The van der Waals surface area contributed by atoms with Crippen LogP contribution in [0.1, 0.15) is 57.6 Å². The zero-order valence-electron chi connectivity index (χ0n) is 12.6. The average Bonchev–Trinajstić information content (AvgIpc) is 2.29. The fourth-order valence-corrected chi connectivity index (χ4v) is 2.03. The van der Waals surface area contributed by atoms with E-state index in [9.17, 15) is 0 Å². The van der Waals surface area contributed by atoms with Gasteiger partial charge in [0.15, 0.2) is 0 Å². The molecule has 0 bridgehead atoms. The quantitative estimate of drug-likeness (QED) is 0.700. The van der Waals surface area contributed by atoms with Crippen molar-refractivity contribution in [1.82, 2.24) is 5.32 Å². The van der Waals surface area contributed by atoms with E-state index in [1.165, 1.54) is 43.2 Å². The van der Waals surface area contributed by atoms with Gasteiger partial charge in [-0.1, -0.05) is 42.7 Å². The highest BCUT2D eigenvalue weighted by molar-refractivity contribution is 5.21. The standard InChI is InChI=1S/C17H29N/c1-15-10-12-16(13-11-15)9-7-5-6-8-14-18-17(2,3)4/h10-13,18H,5-9,14H2,1-4H3. The maximum Gasteiger partial charge on any atom is 0.00965 e. The molecule has 1 aromatic carbocycles. The van der Waals surface area contributed by atoms with Crippen LogP contribution in [0.25, 0.3) is 0 Å². The van der Waals surface area contributed by atoms with E-state index in [0.29, 0.717) is 0 Å². The topological polar surface area (TPSA) is 12.0 Å². The summed E-state index contributed by atoms with van der Waals surface area (Å²) in [6.45, 7) is 9.97. The van der Waals surface area contributed by atoms with Crippen molar-refractivity contribution in [2.75, 3.05) is 6.54 Å². The monoisotopic (exact) mass is 247 g/mol. The predicted octanol–water partition coefficient (Wildman–Crippen LogP) is 4.49. The number of rotatable bonds is 7.